The maximum Gasteiger partial charge on any atom is 0.176 e. The zero-order chi connectivity index (χ0) is 17.0. The van der Waals surface area contributed by atoms with Crippen LogP contribution in [-0.2, 0) is 5.60 Å². The highest BCUT2D eigenvalue weighted by Crippen LogP contribution is 2.30. The van der Waals surface area contributed by atoms with Crippen molar-refractivity contribution in [1.29, 1.82) is 0 Å². The van der Waals surface area contributed by atoms with E-state index in [0.717, 1.165) is 30.6 Å². The number of likely N-dealkylation sites (tertiary alicyclic amines) is 1. The molecule has 1 heterocycles. The second kappa shape index (κ2) is 7.21. The normalized spacial score (nSPS) is 21.8. The lowest BCUT2D eigenvalue weighted by molar-refractivity contribution is 0.143. The van der Waals surface area contributed by atoms with E-state index in [0.29, 0.717) is 11.8 Å². The molecule has 0 unspecified atom stereocenters. The standard InChI is InChI=1S/C22H25NO/c1-18-14-16-23(2)17-19(18)13-15-22(24,20-9-5-3-6-10-20)21-11-7-4-8-12-21/h3-12,18-19,24H,14,16-17H2,1-2H3/t18-,19-/m0/s1. The molecule has 2 heteroatoms. The molecule has 2 aromatic carbocycles. The summed E-state index contributed by atoms with van der Waals surface area (Å²) in [5.41, 5.74) is 0.374. The smallest absolute Gasteiger partial charge is 0.176 e. The molecule has 1 aliphatic heterocycles. The first kappa shape index (κ1) is 16.8. The fourth-order valence-electron chi connectivity index (χ4n) is 3.29. The third-order valence-corrected chi connectivity index (χ3v) is 4.98. The third-order valence-electron chi connectivity index (χ3n) is 4.98. The maximum atomic E-state index is 11.4. The van der Waals surface area contributed by atoms with E-state index in [-0.39, 0.29) is 0 Å². The van der Waals surface area contributed by atoms with Crippen molar-refractivity contribution in [2.75, 3.05) is 20.1 Å². The first-order valence-electron chi connectivity index (χ1n) is 8.64. The van der Waals surface area contributed by atoms with Crippen LogP contribution in [0.1, 0.15) is 24.5 Å². The van der Waals surface area contributed by atoms with Gasteiger partial charge in [-0.3, -0.25) is 0 Å². The predicted molar refractivity (Wildman–Crippen MR) is 98.4 cm³/mol. The molecule has 0 aliphatic carbocycles. The fraction of sp³-hybridized carbons (Fsp3) is 0.364. The van der Waals surface area contributed by atoms with E-state index in [4.69, 9.17) is 0 Å². The van der Waals surface area contributed by atoms with Gasteiger partial charge < -0.3 is 10.0 Å². The Bertz CT molecular complexity index is 674. The highest BCUT2D eigenvalue weighted by atomic mass is 16.3. The topological polar surface area (TPSA) is 23.5 Å². The Hall–Kier alpha value is -2.08. The number of benzene rings is 2. The molecule has 1 fully saturated rings. The summed E-state index contributed by atoms with van der Waals surface area (Å²) in [5, 5.41) is 11.4. The van der Waals surface area contributed by atoms with Crippen molar-refractivity contribution in [1.82, 2.24) is 4.90 Å². The molecule has 2 aromatic rings. The number of aliphatic hydroxyl groups is 1. The van der Waals surface area contributed by atoms with Gasteiger partial charge in [0.1, 0.15) is 0 Å². The van der Waals surface area contributed by atoms with Gasteiger partial charge in [0, 0.05) is 23.6 Å². The van der Waals surface area contributed by atoms with Gasteiger partial charge in [-0.15, -0.1) is 0 Å². The van der Waals surface area contributed by atoms with Crippen molar-refractivity contribution in [2.45, 2.75) is 18.9 Å². The second-order valence-electron chi connectivity index (χ2n) is 6.85. The highest BCUT2D eigenvalue weighted by Gasteiger charge is 2.30. The lowest BCUT2D eigenvalue weighted by atomic mass is 9.84. The molecule has 24 heavy (non-hydrogen) atoms. The second-order valence-corrected chi connectivity index (χ2v) is 6.85. The third kappa shape index (κ3) is 3.53. The molecule has 3 rings (SSSR count). The molecular formula is C22H25NO. The zero-order valence-corrected chi connectivity index (χ0v) is 14.4. The van der Waals surface area contributed by atoms with Gasteiger partial charge >= 0.3 is 0 Å². The number of piperidine rings is 1. The van der Waals surface area contributed by atoms with Crippen LogP contribution >= 0.6 is 0 Å². The molecule has 0 bridgehead atoms. The van der Waals surface area contributed by atoms with Crippen LogP contribution in [0.3, 0.4) is 0 Å². The largest absolute Gasteiger partial charge is 0.369 e. The minimum Gasteiger partial charge on any atom is -0.369 e. The Kier molecular flexibility index (Phi) is 5.04. The number of nitrogens with zero attached hydrogens (tertiary/aromatic N) is 1. The molecular weight excluding hydrogens is 294 g/mol. The lowest BCUT2D eigenvalue weighted by Gasteiger charge is -2.32. The van der Waals surface area contributed by atoms with Crippen LogP contribution in [0.15, 0.2) is 60.7 Å². The van der Waals surface area contributed by atoms with E-state index in [9.17, 15) is 5.11 Å². The van der Waals surface area contributed by atoms with Gasteiger partial charge in [0.05, 0.1) is 0 Å². The van der Waals surface area contributed by atoms with Crippen molar-refractivity contribution in [3.8, 4) is 11.8 Å². The van der Waals surface area contributed by atoms with E-state index in [1.807, 2.05) is 60.7 Å². The van der Waals surface area contributed by atoms with Gasteiger partial charge in [-0.2, -0.15) is 0 Å². The molecule has 0 amide bonds. The van der Waals surface area contributed by atoms with Crippen molar-refractivity contribution >= 4 is 0 Å². The van der Waals surface area contributed by atoms with Gasteiger partial charge in [-0.25, -0.2) is 0 Å². The quantitative estimate of drug-likeness (QED) is 0.856. The Balaban J connectivity index is 1.99. The molecule has 124 valence electrons. The van der Waals surface area contributed by atoms with E-state index in [1.54, 1.807) is 0 Å². The van der Waals surface area contributed by atoms with Gasteiger partial charge in [0.25, 0.3) is 0 Å². The van der Waals surface area contributed by atoms with Gasteiger partial charge in [0.2, 0.25) is 0 Å². The van der Waals surface area contributed by atoms with E-state index in [2.05, 4.69) is 30.7 Å². The molecule has 0 radical (unpaired) electrons. The fourth-order valence-corrected chi connectivity index (χ4v) is 3.29. The Labute approximate surface area is 145 Å². The summed E-state index contributed by atoms with van der Waals surface area (Å²) in [6.07, 6.45) is 1.16. The minimum absolute atomic E-state index is 0.294. The molecule has 0 aromatic heterocycles. The summed E-state index contributed by atoms with van der Waals surface area (Å²) in [5.74, 6) is 7.48. The zero-order valence-electron chi connectivity index (χ0n) is 14.4. The monoisotopic (exact) mass is 319 g/mol. The summed E-state index contributed by atoms with van der Waals surface area (Å²) >= 11 is 0. The average Bonchev–Trinajstić information content (AvgIpc) is 2.63. The molecule has 2 nitrogen and oxygen atoms in total. The summed E-state index contributed by atoms with van der Waals surface area (Å²) in [6, 6.07) is 19.5. The van der Waals surface area contributed by atoms with E-state index < -0.39 is 5.60 Å². The van der Waals surface area contributed by atoms with Crippen molar-refractivity contribution < 1.29 is 5.11 Å². The van der Waals surface area contributed by atoms with Gasteiger partial charge in [0.15, 0.2) is 5.60 Å². The average molecular weight is 319 g/mol. The minimum atomic E-state index is -1.27. The van der Waals surface area contributed by atoms with Crippen LogP contribution in [0, 0.1) is 23.7 Å². The van der Waals surface area contributed by atoms with E-state index >= 15 is 0 Å². The number of hydrogen-bond donors (Lipinski definition) is 1. The summed E-state index contributed by atoms with van der Waals surface area (Å²) in [4.78, 5) is 2.32. The first-order chi connectivity index (χ1) is 11.6. The molecule has 1 saturated heterocycles. The number of hydrogen-bond acceptors (Lipinski definition) is 2. The SMILES string of the molecule is C[C@H]1CCN(C)C[C@@H]1C#CC(O)(c1ccccc1)c1ccccc1. The number of rotatable bonds is 2. The maximum absolute atomic E-state index is 11.4. The molecule has 1 N–H and O–H groups in total. The van der Waals surface area contributed by atoms with Gasteiger partial charge in [-0.05, 0) is 25.9 Å². The Morgan fingerprint density at radius 3 is 2.08 bits per heavy atom. The van der Waals surface area contributed by atoms with Gasteiger partial charge in [-0.1, -0.05) is 79.4 Å². The van der Waals surface area contributed by atoms with Crippen molar-refractivity contribution in [3.05, 3.63) is 71.8 Å². The van der Waals surface area contributed by atoms with Crippen LogP contribution in [0.2, 0.25) is 0 Å². The Morgan fingerprint density at radius 2 is 1.54 bits per heavy atom. The summed E-state index contributed by atoms with van der Waals surface area (Å²) in [7, 11) is 2.14. The van der Waals surface area contributed by atoms with Crippen LogP contribution in [0.25, 0.3) is 0 Å². The molecule has 0 saturated carbocycles. The summed E-state index contributed by atoms with van der Waals surface area (Å²) < 4.78 is 0. The first-order valence-corrected chi connectivity index (χ1v) is 8.64. The van der Waals surface area contributed by atoms with Crippen LogP contribution in [0.4, 0.5) is 0 Å². The Morgan fingerprint density at radius 1 is 1.00 bits per heavy atom. The molecule has 2 atom stereocenters. The van der Waals surface area contributed by atoms with Crippen LogP contribution in [0.5, 0.6) is 0 Å². The van der Waals surface area contributed by atoms with Crippen LogP contribution in [-0.4, -0.2) is 30.1 Å². The molecule has 1 aliphatic rings. The predicted octanol–water partition coefficient (Wildman–Crippen LogP) is 3.51. The highest BCUT2D eigenvalue weighted by molar-refractivity contribution is 5.44. The van der Waals surface area contributed by atoms with Crippen molar-refractivity contribution in [3.63, 3.8) is 0 Å². The summed E-state index contributed by atoms with van der Waals surface area (Å²) in [6.45, 7) is 4.35. The molecule has 0 spiro atoms. The van der Waals surface area contributed by atoms with E-state index in [1.165, 1.54) is 0 Å². The van der Waals surface area contributed by atoms with Crippen LogP contribution < -0.4 is 0 Å². The van der Waals surface area contributed by atoms with Crippen molar-refractivity contribution in [2.24, 2.45) is 11.8 Å². The lowest BCUT2D eigenvalue weighted by Crippen LogP contribution is -2.36.